The number of carbonyl (C=O) groups excluding carboxylic acids is 1. The minimum absolute atomic E-state index is 0.0864. The van der Waals surface area contributed by atoms with Crippen molar-refractivity contribution in [3.05, 3.63) is 58.0 Å². The van der Waals surface area contributed by atoms with E-state index < -0.39 is 11.6 Å². The molecule has 0 aliphatic carbocycles. The van der Waals surface area contributed by atoms with Gasteiger partial charge in [-0.3, -0.25) is 9.59 Å². The van der Waals surface area contributed by atoms with E-state index in [2.05, 4.69) is 15.3 Å². The van der Waals surface area contributed by atoms with Gasteiger partial charge >= 0.3 is 0 Å². The Kier molecular flexibility index (Phi) is 6.38. The van der Waals surface area contributed by atoms with Crippen LogP contribution in [0, 0.1) is 17.6 Å². The Hall–Kier alpha value is -2.77. The Bertz CT molecular complexity index is 880. The van der Waals surface area contributed by atoms with Crippen LogP contribution in [0.1, 0.15) is 31.7 Å². The third-order valence-electron chi connectivity index (χ3n) is 4.92. The molecule has 1 aromatic heterocycles. The third kappa shape index (κ3) is 5.15. The van der Waals surface area contributed by atoms with E-state index in [0.717, 1.165) is 31.1 Å². The van der Waals surface area contributed by atoms with Gasteiger partial charge in [0.25, 0.3) is 5.56 Å². The first-order valence-corrected chi connectivity index (χ1v) is 9.48. The highest BCUT2D eigenvalue weighted by atomic mass is 19.1. The quantitative estimate of drug-likeness (QED) is 0.823. The largest absolute Gasteiger partial charge is 0.370 e. The summed E-state index contributed by atoms with van der Waals surface area (Å²) in [6.45, 7) is 3.96. The van der Waals surface area contributed by atoms with Gasteiger partial charge in [-0.1, -0.05) is 0 Å². The van der Waals surface area contributed by atoms with Crippen molar-refractivity contribution >= 4 is 11.6 Å². The highest BCUT2D eigenvalue weighted by Crippen LogP contribution is 2.23. The van der Waals surface area contributed by atoms with E-state index in [1.807, 2.05) is 6.92 Å². The minimum Gasteiger partial charge on any atom is -0.370 e. The summed E-state index contributed by atoms with van der Waals surface area (Å²) >= 11 is 0. The number of hydrogen-bond donors (Lipinski definition) is 1. The van der Waals surface area contributed by atoms with Crippen molar-refractivity contribution in [2.45, 2.75) is 39.3 Å². The smallest absolute Gasteiger partial charge is 0.268 e. The van der Waals surface area contributed by atoms with Gasteiger partial charge < -0.3 is 10.2 Å². The molecule has 1 amide bonds. The molecule has 1 aliphatic rings. The Morgan fingerprint density at radius 1 is 1.25 bits per heavy atom. The van der Waals surface area contributed by atoms with Crippen molar-refractivity contribution in [2.24, 2.45) is 5.92 Å². The van der Waals surface area contributed by atoms with Crippen LogP contribution in [-0.2, 0) is 17.9 Å². The summed E-state index contributed by atoms with van der Waals surface area (Å²) in [5.74, 6) is -1.33. The molecule has 1 atom stereocenters. The van der Waals surface area contributed by atoms with Gasteiger partial charge in [0.05, 0.1) is 11.9 Å². The number of rotatable bonds is 6. The second-order valence-electron chi connectivity index (χ2n) is 7.08. The summed E-state index contributed by atoms with van der Waals surface area (Å²) < 4.78 is 27.8. The van der Waals surface area contributed by atoms with E-state index in [4.69, 9.17) is 0 Å². The van der Waals surface area contributed by atoms with Crippen molar-refractivity contribution in [1.29, 1.82) is 0 Å². The molecule has 3 rings (SSSR count). The van der Waals surface area contributed by atoms with Crippen LogP contribution in [0.15, 0.2) is 35.3 Å². The molecule has 1 N–H and O–H groups in total. The van der Waals surface area contributed by atoms with Crippen LogP contribution in [0.4, 0.5) is 14.5 Å². The molecule has 8 heteroatoms. The summed E-state index contributed by atoms with van der Waals surface area (Å²) in [5, 5.41) is 6.88. The van der Waals surface area contributed by atoms with Crippen molar-refractivity contribution in [1.82, 2.24) is 15.1 Å². The van der Waals surface area contributed by atoms with Crippen LogP contribution < -0.4 is 15.8 Å². The lowest BCUT2D eigenvalue weighted by Crippen LogP contribution is -2.38. The Labute approximate surface area is 162 Å². The molecule has 1 saturated heterocycles. The third-order valence-corrected chi connectivity index (χ3v) is 4.92. The predicted octanol–water partition coefficient (Wildman–Crippen LogP) is 2.46. The van der Waals surface area contributed by atoms with Gasteiger partial charge in [-0.15, -0.1) is 0 Å². The number of piperidine rings is 1. The molecule has 1 aromatic carbocycles. The Morgan fingerprint density at radius 3 is 2.68 bits per heavy atom. The highest BCUT2D eigenvalue weighted by molar-refractivity contribution is 5.76. The lowest BCUT2D eigenvalue weighted by molar-refractivity contribution is -0.122. The second kappa shape index (κ2) is 8.95. The second-order valence-corrected chi connectivity index (χ2v) is 7.08. The Balaban J connectivity index is 1.54. The molecule has 1 unspecified atom stereocenters. The molecule has 0 radical (unpaired) electrons. The van der Waals surface area contributed by atoms with Gasteiger partial charge in [0.15, 0.2) is 0 Å². The van der Waals surface area contributed by atoms with Gasteiger partial charge in [-0.2, -0.15) is 5.10 Å². The maximum atomic E-state index is 13.2. The van der Waals surface area contributed by atoms with E-state index in [9.17, 15) is 18.4 Å². The van der Waals surface area contributed by atoms with Crippen LogP contribution in [0.5, 0.6) is 0 Å². The van der Waals surface area contributed by atoms with Crippen molar-refractivity contribution in [2.75, 3.05) is 18.0 Å². The number of nitrogens with zero attached hydrogens (tertiary/aromatic N) is 3. The first-order valence-electron chi connectivity index (χ1n) is 9.48. The molecular weight excluding hydrogens is 366 g/mol. The maximum absolute atomic E-state index is 13.2. The fourth-order valence-corrected chi connectivity index (χ4v) is 3.55. The highest BCUT2D eigenvalue weighted by Gasteiger charge is 2.23. The number of amides is 1. The summed E-state index contributed by atoms with van der Waals surface area (Å²) in [7, 11) is 0. The van der Waals surface area contributed by atoms with E-state index in [1.54, 1.807) is 12.3 Å². The van der Waals surface area contributed by atoms with Gasteiger partial charge in [0, 0.05) is 44.7 Å². The van der Waals surface area contributed by atoms with Crippen LogP contribution in [0.2, 0.25) is 0 Å². The number of halogens is 2. The molecule has 0 spiro atoms. The zero-order chi connectivity index (χ0) is 20.1. The number of anilines is 1. The molecule has 6 nitrogen and oxygen atoms in total. The predicted molar refractivity (Wildman–Crippen MR) is 102 cm³/mol. The van der Waals surface area contributed by atoms with Crippen LogP contribution in [-0.4, -0.2) is 28.8 Å². The van der Waals surface area contributed by atoms with Crippen LogP contribution in [0.3, 0.4) is 0 Å². The molecule has 1 aliphatic heterocycles. The fraction of sp³-hybridized carbons (Fsp3) is 0.450. The molecule has 150 valence electrons. The molecule has 28 heavy (non-hydrogen) atoms. The number of carbonyl (C=O) groups is 1. The van der Waals surface area contributed by atoms with Crippen molar-refractivity contribution in [3.63, 3.8) is 0 Å². The first-order chi connectivity index (χ1) is 13.4. The SMILES string of the molecule is CCn1ncc(N2CCCC(CC(=O)NCc3cc(F)cc(F)c3)C2)cc1=O. The molecule has 2 heterocycles. The fourth-order valence-electron chi connectivity index (χ4n) is 3.55. The first kappa shape index (κ1) is 20.0. The summed E-state index contributed by atoms with van der Waals surface area (Å²) in [4.78, 5) is 26.3. The van der Waals surface area contributed by atoms with E-state index in [-0.39, 0.29) is 23.9 Å². The average Bonchev–Trinajstić information content (AvgIpc) is 2.66. The Morgan fingerprint density at radius 2 is 2.00 bits per heavy atom. The van der Waals surface area contributed by atoms with E-state index in [1.165, 1.54) is 16.8 Å². The summed E-state index contributed by atoms with van der Waals surface area (Å²) in [6.07, 6.45) is 3.85. The topological polar surface area (TPSA) is 67.2 Å². The maximum Gasteiger partial charge on any atom is 0.268 e. The number of aromatic nitrogens is 2. The summed E-state index contributed by atoms with van der Waals surface area (Å²) in [5.41, 5.74) is 1.02. The van der Waals surface area contributed by atoms with Crippen molar-refractivity contribution < 1.29 is 13.6 Å². The average molecular weight is 390 g/mol. The van der Waals surface area contributed by atoms with Gasteiger partial charge in [0.2, 0.25) is 5.91 Å². The number of hydrogen-bond acceptors (Lipinski definition) is 4. The van der Waals surface area contributed by atoms with Gasteiger partial charge in [-0.05, 0) is 43.4 Å². The lowest BCUT2D eigenvalue weighted by Gasteiger charge is -2.34. The van der Waals surface area contributed by atoms with Crippen molar-refractivity contribution in [3.8, 4) is 0 Å². The minimum atomic E-state index is -0.661. The number of nitrogens with one attached hydrogen (secondary N) is 1. The lowest BCUT2D eigenvalue weighted by atomic mass is 9.94. The monoisotopic (exact) mass is 390 g/mol. The summed E-state index contributed by atoms with van der Waals surface area (Å²) in [6, 6.07) is 4.79. The van der Waals surface area contributed by atoms with Crippen LogP contribution in [0.25, 0.3) is 0 Å². The van der Waals surface area contributed by atoms with Gasteiger partial charge in [-0.25, -0.2) is 13.5 Å². The molecule has 0 saturated carbocycles. The molecule has 0 bridgehead atoms. The van der Waals surface area contributed by atoms with Crippen LogP contribution >= 0.6 is 0 Å². The van der Waals surface area contributed by atoms with E-state index in [0.29, 0.717) is 25.1 Å². The van der Waals surface area contributed by atoms with Gasteiger partial charge in [0.1, 0.15) is 11.6 Å². The normalized spacial score (nSPS) is 16.8. The zero-order valence-corrected chi connectivity index (χ0v) is 15.8. The number of aryl methyl sites for hydroxylation is 1. The standard InChI is InChI=1S/C20H24F2N4O2/c1-2-26-20(28)10-18(12-24-26)25-5-3-4-14(13-25)8-19(27)23-11-15-6-16(21)9-17(22)7-15/h6-7,9-10,12,14H,2-5,8,11,13H2,1H3,(H,23,27). The number of benzene rings is 1. The molecule has 1 fully saturated rings. The molecular formula is C20H24F2N4O2. The zero-order valence-electron chi connectivity index (χ0n) is 15.8. The van der Waals surface area contributed by atoms with E-state index >= 15 is 0 Å². The molecule has 2 aromatic rings.